The van der Waals surface area contributed by atoms with Crippen LogP contribution in [0.25, 0.3) is 0 Å². The molecule has 146 valence electrons. The van der Waals surface area contributed by atoms with Crippen LogP contribution in [-0.2, 0) is 16.0 Å². The molecular formula is C23H23F2NO2. The van der Waals surface area contributed by atoms with Crippen molar-refractivity contribution < 1.29 is 18.3 Å². The Balaban J connectivity index is 2.13. The number of dihydropyridines is 1. The zero-order valence-electron chi connectivity index (χ0n) is 16.4. The molecule has 0 spiro atoms. The molecule has 0 radical (unpaired) electrons. The number of carbonyl (C=O) groups excluding carboxylic acids is 1. The maximum Gasteiger partial charge on any atom is 0.336 e. The van der Waals surface area contributed by atoms with Crippen molar-refractivity contribution in [3.8, 4) is 0 Å². The smallest absolute Gasteiger partial charge is 0.336 e. The third kappa shape index (κ3) is 3.70. The second kappa shape index (κ2) is 7.97. The minimum absolute atomic E-state index is 0.278. The highest BCUT2D eigenvalue weighted by atomic mass is 19.1. The number of halogens is 2. The van der Waals surface area contributed by atoms with Gasteiger partial charge in [0, 0.05) is 23.7 Å². The van der Waals surface area contributed by atoms with Crippen molar-refractivity contribution >= 4 is 5.97 Å². The molecule has 0 bridgehead atoms. The van der Waals surface area contributed by atoms with Gasteiger partial charge in [-0.1, -0.05) is 24.3 Å². The molecule has 1 unspecified atom stereocenters. The van der Waals surface area contributed by atoms with Gasteiger partial charge in [-0.05, 0) is 61.2 Å². The number of carbonyl (C=O) groups is 1. The zero-order valence-corrected chi connectivity index (χ0v) is 16.4. The predicted molar refractivity (Wildman–Crippen MR) is 105 cm³/mol. The molecule has 1 aliphatic heterocycles. The second-order valence-electron chi connectivity index (χ2n) is 7.02. The second-order valence-corrected chi connectivity index (χ2v) is 7.02. The molecule has 1 N–H and O–H groups in total. The van der Waals surface area contributed by atoms with E-state index in [0.29, 0.717) is 23.3 Å². The molecule has 28 heavy (non-hydrogen) atoms. The molecule has 5 heteroatoms. The Kier molecular flexibility index (Phi) is 5.63. The minimum Gasteiger partial charge on any atom is -0.466 e. The Hall–Kier alpha value is -2.95. The Morgan fingerprint density at radius 1 is 1.11 bits per heavy atom. The number of hydrogen-bond donors (Lipinski definition) is 1. The van der Waals surface area contributed by atoms with E-state index in [2.05, 4.69) is 5.32 Å². The van der Waals surface area contributed by atoms with Crippen molar-refractivity contribution in [3.63, 3.8) is 0 Å². The first-order valence-electron chi connectivity index (χ1n) is 9.08. The summed E-state index contributed by atoms with van der Waals surface area (Å²) in [5.74, 6) is -1.44. The highest BCUT2D eigenvalue weighted by Crippen LogP contribution is 2.40. The van der Waals surface area contributed by atoms with Gasteiger partial charge in [0.05, 0.1) is 12.7 Å². The van der Waals surface area contributed by atoms with Gasteiger partial charge in [0.15, 0.2) is 0 Å². The number of ether oxygens (including phenoxy) is 1. The van der Waals surface area contributed by atoms with E-state index in [1.807, 2.05) is 13.8 Å². The summed E-state index contributed by atoms with van der Waals surface area (Å²) in [6.45, 7) is 5.52. The normalized spacial score (nSPS) is 16.9. The quantitative estimate of drug-likeness (QED) is 0.762. The molecule has 3 nitrogen and oxygen atoms in total. The summed E-state index contributed by atoms with van der Waals surface area (Å²) >= 11 is 0. The van der Waals surface area contributed by atoms with Gasteiger partial charge in [-0.15, -0.1) is 0 Å². The van der Waals surface area contributed by atoms with Gasteiger partial charge in [-0.2, -0.15) is 0 Å². The van der Waals surface area contributed by atoms with E-state index in [0.717, 1.165) is 22.4 Å². The molecule has 0 saturated heterocycles. The lowest BCUT2D eigenvalue weighted by Crippen LogP contribution is -2.30. The fourth-order valence-corrected chi connectivity index (χ4v) is 3.75. The third-order valence-electron chi connectivity index (χ3n) is 5.21. The van der Waals surface area contributed by atoms with Crippen LogP contribution < -0.4 is 5.32 Å². The summed E-state index contributed by atoms with van der Waals surface area (Å²) in [4.78, 5) is 12.5. The van der Waals surface area contributed by atoms with Crippen LogP contribution in [0.15, 0.2) is 65.0 Å². The van der Waals surface area contributed by atoms with Gasteiger partial charge in [-0.3, -0.25) is 0 Å². The average Bonchev–Trinajstić information content (AvgIpc) is 2.66. The molecule has 3 rings (SSSR count). The number of nitrogens with one attached hydrogen (secondary N) is 1. The third-order valence-corrected chi connectivity index (χ3v) is 5.21. The summed E-state index contributed by atoms with van der Waals surface area (Å²) in [6, 6.07) is 11.1. The van der Waals surface area contributed by atoms with Crippen LogP contribution in [0.4, 0.5) is 8.78 Å². The number of rotatable bonds is 4. The van der Waals surface area contributed by atoms with Crippen LogP contribution in [0.3, 0.4) is 0 Å². The first-order chi connectivity index (χ1) is 13.3. The van der Waals surface area contributed by atoms with E-state index in [9.17, 15) is 13.6 Å². The van der Waals surface area contributed by atoms with Crippen molar-refractivity contribution in [1.29, 1.82) is 0 Å². The van der Waals surface area contributed by atoms with Gasteiger partial charge in [0.2, 0.25) is 0 Å². The fraction of sp³-hybridized carbons (Fsp3) is 0.261. The van der Waals surface area contributed by atoms with Crippen LogP contribution in [0.5, 0.6) is 0 Å². The monoisotopic (exact) mass is 383 g/mol. The van der Waals surface area contributed by atoms with Crippen LogP contribution >= 0.6 is 0 Å². The van der Waals surface area contributed by atoms with Gasteiger partial charge >= 0.3 is 5.97 Å². The first kappa shape index (κ1) is 19.8. The number of methoxy groups -OCH3 is 1. The molecule has 0 aliphatic carbocycles. The lowest BCUT2D eigenvalue weighted by molar-refractivity contribution is -0.136. The van der Waals surface area contributed by atoms with E-state index in [-0.39, 0.29) is 11.6 Å². The lowest BCUT2D eigenvalue weighted by Gasteiger charge is -2.32. The van der Waals surface area contributed by atoms with Crippen LogP contribution in [-0.4, -0.2) is 13.1 Å². The average molecular weight is 383 g/mol. The summed E-state index contributed by atoms with van der Waals surface area (Å²) in [7, 11) is 1.34. The highest BCUT2D eigenvalue weighted by Gasteiger charge is 2.33. The topological polar surface area (TPSA) is 38.3 Å². The van der Waals surface area contributed by atoms with Crippen molar-refractivity contribution in [2.75, 3.05) is 7.11 Å². The molecule has 0 saturated carbocycles. The summed E-state index contributed by atoms with van der Waals surface area (Å²) in [5, 5.41) is 3.26. The molecule has 0 fully saturated rings. The molecule has 1 aliphatic rings. The Morgan fingerprint density at radius 2 is 1.82 bits per heavy atom. The standard InChI is InChI=1S/C23H23F2NO2/c1-13-11-17(24)9-10-18(13)21-14(2)20(12-16-7-5-6-8-19(16)25)26-15(3)22(21)23(27)28-4/h5-11,21,26H,12H2,1-4H3. The summed E-state index contributed by atoms with van der Waals surface area (Å²) in [5.41, 5.74) is 4.96. The molecule has 0 amide bonds. The lowest BCUT2D eigenvalue weighted by atomic mass is 9.78. The molecular weight excluding hydrogens is 360 g/mol. The molecule has 1 heterocycles. The predicted octanol–water partition coefficient (Wildman–Crippen LogP) is 4.92. The largest absolute Gasteiger partial charge is 0.466 e. The molecule has 2 aromatic carbocycles. The number of aryl methyl sites for hydroxylation is 1. The van der Waals surface area contributed by atoms with Crippen LogP contribution in [0.2, 0.25) is 0 Å². The van der Waals surface area contributed by atoms with Gasteiger partial charge < -0.3 is 10.1 Å². The van der Waals surface area contributed by atoms with Gasteiger partial charge in [0.25, 0.3) is 0 Å². The molecule has 1 atom stereocenters. The van der Waals surface area contributed by atoms with Crippen LogP contribution in [0, 0.1) is 18.6 Å². The van der Waals surface area contributed by atoms with E-state index in [1.165, 1.54) is 25.3 Å². The Bertz CT molecular complexity index is 992. The van der Waals surface area contributed by atoms with E-state index >= 15 is 0 Å². The SMILES string of the molecule is COC(=O)C1=C(C)NC(Cc2ccccc2F)=C(C)C1c1ccc(F)cc1C. The van der Waals surface area contributed by atoms with Gasteiger partial charge in [0.1, 0.15) is 11.6 Å². The number of allylic oxidation sites excluding steroid dienone is 3. The van der Waals surface area contributed by atoms with Crippen molar-refractivity contribution in [2.24, 2.45) is 0 Å². The number of esters is 1. The van der Waals surface area contributed by atoms with E-state index in [4.69, 9.17) is 4.74 Å². The van der Waals surface area contributed by atoms with Crippen molar-refractivity contribution in [2.45, 2.75) is 33.1 Å². The van der Waals surface area contributed by atoms with E-state index < -0.39 is 11.9 Å². The number of hydrogen-bond acceptors (Lipinski definition) is 3. The maximum atomic E-state index is 14.2. The summed E-state index contributed by atoms with van der Waals surface area (Å²) < 4.78 is 32.8. The maximum absolute atomic E-state index is 14.2. The van der Waals surface area contributed by atoms with Crippen molar-refractivity contribution in [1.82, 2.24) is 5.32 Å². The Morgan fingerprint density at radius 3 is 2.46 bits per heavy atom. The zero-order chi connectivity index (χ0) is 20.4. The molecule has 0 aromatic heterocycles. The highest BCUT2D eigenvalue weighted by molar-refractivity contribution is 5.92. The summed E-state index contributed by atoms with van der Waals surface area (Å²) in [6.07, 6.45) is 0.362. The van der Waals surface area contributed by atoms with E-state index in [1.54, 1.807) is 31.2 Å². The van der Waals surface area contributed by atoms with Crippen LogP contribution in [0.1, 0.15) is 36.5 Å². The first-order valence-corrected chi connectivity index (χ1v) is 9.08. The number of benzene rings is 2. The Labute approximate surface area is 163 Å². The van der Waals surface area contributed by atoms with Gasteiger partial charge in [-0.25, -0.2) is 13.6 Å². The fourth-order valence-electron chi connectivity index (χ4n) is 3.75. The molecule has 2 aromatic rings. The minimum atomic E-state index is -0.442. The van der Waals surface area contributed by atoms with Crippen molar-refractivity contribution in [3.05, 3.63) is 93.3 Å².